The molecule has 0 aromatic rings. The number of nitrogens with zero attached hydrogens (tertiary/aromatic N) is 4. The van der Waals surface area contributed by atoms with E-state index < -0.39 is 23.3 Å². The van der Waals surface area contributed by atoms with Gasteiger partial charge in [-0.25, -0.2) is 4.67 Å². The highest BCUT2D eigenvalue weighted by atomic mass is 31.3. The van der Waals surface area contributed by atoms with Crippen LogP contribution in [0.4, 0.5) is 21.0 Å². The molecule has 0 aromatic heterocycles. The molecule has 0 bridgehead atoms. The van der Waals surface area contributed by atoms with Crippen molar-refractivity contribution in [2.45, 2.75) is 12.8 Å². The van der Waals surface area contributed by atoms with Crippen LogP contribution in [0.2, 0.25) is 0 Å². The topological polar surface area (TPSA) is 40.3 Å². The van der Waals surface area contributed by atoms with Gasteiger partial charge in [-0.15, -0.1) is 30.3 Å². The molecule has 0 radical (unpaired) electrons. The first kappa shape index (κ1) is 12.7. The molecule has 94 valence electrons. The monoisotopic (exact) mass is 300 g/mol. The van der Waals surface area contributed by atoms with Crippen LogP contribution >= 0.6 is 23.3 Å². The van der Waals surface area contributed by atoms with Crippen molar-refractivity contribution in [3.63, 3.8) is 0 Å². The lowest BCUT2D eigenvalue weighted by Crippen LogP contribution is -2.12. The Morgan fingerprint density at radius 1 is 0.750 bits per heavy atom. The van der Waals surface area contributed by atoms with Crippen molar-refractivity contribution < 1.29 is 21.0 Å². The molecule has 1 saturated heterocycles. The first-order valence-electron chi connectivity index (χ1n) is 4.38. The van der Waals surface area contributed by atoms with Crippen LogP contribution in [0.25, 0.3) is 0 Å². The van der Waals surface area contributed by atoms with Crippen LogP contribution in [-0.2, 0) is 0 Å². The Kier molecular flexibility index (Phi) is 3.11. The zero-order valence-corrected chi connectivity index (χ0v) is 10.5. The minimum absolute atomic E-state index is 0.150. The van der Waals surface area contributed by atoms with Gasteiger partial charge in [0.1, 0.15) is 0 Å². The fourth-order valence-corrected chi connectivity index (χ4v) is 7.84. The fraction of sp³-hybridized carbons (Fsp3) is 1.00. The summed E-state index contributed by atoms with van der Waals surface area (Å²) in [6, 6.07) is 0. The quantitative estimate of drug-likeness (QED) is 0.447. The average molecular weight is 300 g/mol. The maximum atomic E-state index is 14.0. The predicted octanol–water partition coefficient (Wildman–Crippen LogP) is 5.78. The van der Waals surface area contributed by atoms with Crippen molar-refractivity contribution in [2.24, 2.45) is 13.5 Å². The maximum absolute atomic E-state index is 14.0. The van der Waals surface area contributed by atoms with Crippen molar-refractivity contribution in [3.8, 4) is 0 Å². The third-order valence-electron chi connectivity index (χ3n) is 2.10. The number of rotatable bonds is 1. The number of hydrogen-bond acceptors (Lipinski definition) is 4. The molecule has 0 aromatic carbocycles. The molecule has 0 spiro atoms. The first-order valence-corrected chi connectivity index (χ1v) is 8.87. The minimum atomic E-state index is -5.54. The standard InChI is InChI=1S/C4H8F5N4P3/c5-14(6)10-15(7,8)12-16(9,11-14)13-3-1-2-4-13/h1-4H2. The van der Waals surface area contributed by atoms with Gasteiger partial charge in [-0.1, -0.05) is 0 Å². The summed E-state index contributed by atoms with van der Waals surface area (Å²) in [5.74, 6) is 0. The third kappa shape index (κ3) is 2.58. The second-order valence-corrected chi connectivity index (χ2v) is 8.86. The van der Waals surface area contributed by atoms with E-state index >= 15 is 0 Å². The molecule has 2 rings (SSSR count). The minimum Gasteiger partial charge on any atom is -0.226 e. The van der Waals surface area contributed by atoms with Gasteiger partial charge >= 0.3 is 23.3 Å². The Balaban J connectivity index is 2.53. The first-order chi connectivity index (χ1) is 7.23. The summed E-state index contributed by atoms with van der Waals surface area (Å²) >= 11 is 0. The normalized spacial score (nSPS) is 37.3. The molecule has 12 heteroatoms. The summed E-state index contributed by atoms with van der Waals surface area (Å²) in [5.41, 5.74) is 0. The summed E-state index contributed by atoms with van der Waals surface area (Å²) < 4.78 is 73.6. The summed E-state index contributed by atoms with van der Waals surface area (Å²) in [4.78, 5) is 0. The second kappa shape index (κ2) is 3.91. The molecule has 1 unspecified atom stereocenters. The summed E-state index contributed by atoms with van der Waals surface area (Å²) in [6.07, 6.45) is 1.17. The lowest BCUT2D eigenvalue weighted by atomic mass is 10.4. The molecule has 0 amide bonds. The lowest BCUT2D eigenvalue weighted by Gasteiger charge is -2.24. The van der Waals surface area contributed by atoms with E-state index in [1.54, 1.807) is 0 Å². The maximum Gasteiger partial charge on any atom is 0.424 e. The molecule has 4 nitrogen and oxygen atoms in total. The van der Waals surface area contributed by atoms with Crippen molar-refractivity contribution >= 4 is 23.3 Å². The highest BCUT2D eigenvalue weighted by Gasteiger charge is 2.43. The van der Waals surface area contributed by atoms with Gasteiger partial charge in [-0.2, -0.15) is 4.20 Å². The Morgan fingerprint density at radius 2 is 1.25 bits per heavy atom. The van der Waals surface area contributed by atoms with Crippen LogP contribution in [-0.4, -0.2) is 17.8 Å². The highest BCUT2D eigenvalue weighted by molar-refractivity contribution is 7.78. The van der Waals surface area contributed by atoms with Crippen LogP contribution in [0, 0.1) is 0 Å². The van der Waals surface area contributed by atoms with Gasteiger partial charge in [0.15, 0.2) is 0 Å². The van der Waals surface area contributed by atoms with Crippen molar-refractivity contribution in [1.29, 1.82) is 0 Å². The Bertz CT molecular complexity index is 449. The van der Waals surface area contributed by atoms with E-state index in [4.69, 9.17) is 0 Å². The van der Waals surface area contributed by atoms with E-state index in [9.17, 15) is 21.0 Å². The van der Waals surface area contributed by atoms with Gasteiger partial charge in [-0.05, 0) is 12.8 Å². The van der Waals surface area contributed by atoms with Gasteiger partial charge in [0.2, 0.25) is 0 Å². The molecular formula is C4H8F5N4P3. The molecule has 0 saturated carbocycles. The average Bonchev–Trinajstić information content (AvgIpc) is 2.46. The molecule has 2 aliphatic rings. The van der Waals surface area contributed by atoms with Crippen molar-refractivity contribution in [2.75, 3.05) is 13.1 Å². The molecule has 0 N–H and O–H groups in total. The van der Waals surface area contributed by atoms with Crippen LogP contribution in [0.3, 0.4) is 0 Å². The van der Waals surface area contributed by atoms with E-state index in [0.29, 0.717) is 12.8 Å². The van der Waals surface area contributed by atoms with Crippen molar-refractivity contribution in [3.05, 3.63) is 0 Å². The SMILES string of the molecule is FP1(F)=NP(F)(F)=NP(F)(N2CCCC2)=N1. The Hall–Kier alpha value is 0.300. The molecule has 0 aliphatic carbocycles. The molecule has 1 atom stereocenters. The van der Waals surface area contributed by atoms with Gasteiger partial charge < -0.3 is 0 Å². The molecule has 16 heavy (non-hydrogen) atoms. The molecule has 2 aliphatic heterocycles. The largest absolute Gasteiger partial charge is 0.424 e. The highest BCUT2D eigenvalue weighted by Crippen LogP contribution is 2.82. The van der Waals surface area contributed by atoms with Crippen LogP contribution < -0.4 is 0 Å². The molecule has 2 heterocycles. The lowest BCUT2D eigenvalue weighted by molar-refractivity contribution is 0.521. The van der Waals surface area contributed by atoms with Crippen LogP contribution in [0.1, 0.15) is 12.8 Å². The van der Waals surface area contributed by atoms with E-state index in [1.807, 2.05) is 4.52 Å². The Labute approximate surface area is 89.2 Å². The zero-order chi connectivity index (χ0) is 12.0. The summed E-state index contributed by atoms with van der Waals surface area (Å²) in [6.45, 7) is 0.300. The van der Waals surface area contributed by atoms with Crippen LogP contribution in [0.5, 0.6) is 0 Å². The smallest absolute Gasteiger partial charge is 0.226 e. The molecule has 1 fully saturated rings. The molecular weight excluding hydrogens is 292 g/mol. The van der Waals surface area contributed by atoms with Crippen LogP contribution in [0.15, 0.2) is 13.5 Å². The predicted molar refractivity (Wildman–Crippen MR) is 54.4 cm³/mol. The van der Waals surface area contributed by atoms with Gasteiger partial charge in [0.25, 0.3) is 0 Å². The second-order valence-electron chi connectivity index (χ2n) is 3.34. The number of hydrogen-bond donors (Lipinski definition) is 0. The van der Waals surface area contributed by atoms with E-state index in [2.05, 4.69) is 9.03 Å². The van der Waals surface area contributed by atoms with E-state index in [-0.39, 0.29) is 13.1 Å². The van der Waals surface area contributed by atoms with Gasteiger partial charge in [-0.3, -0.25) is 0 Å². The number of halogens is 5. The van der Waals surface area contributed by atoms with Gasteiger partial charge in [0.05, 0.1) is 0 Å². The van der Waals surface area contributed by atoms with E-state index in [1.165, 1.54) is 0 Å². The van der Waals surface area contributed by atoms with E-state index in [0.717, 1.165) is 4.67 Å². The zero-order valence-electron chi connectivity index (χ0n) is 7.85. The van der Waals surface area contributed by atoms with Gasteiger partial charge in [0, 0.05) is 13.1 Å². The Morgan fingerprint density at radius 3 is 1.75 bits per heavy atom. The summed E-state index contributed by atoms with van der Waals surface area (Å²) in [7, 11) is -15.7. The van der Waals surface area contributed by atoms with Crippen molar-refractivity contribution in [1.82, 2.24) is 4.67 Å². The third-order valence-corrected chi connectivity index (χ3v) is 8.48. The summed E-state index contributed by atoms with van der Waals surface area (Å²) in [5, 5.41) is 0. The fourth-order valence-electron chi connectivity index (χ4n) is 1.53.